The lowest BCUT2D eigenvalue weighted by atomic mass is 9.92. The van der Waals surface area contributed by atoms with Gasteiger partial charge in [0, 0.05) is 19.6 Å². The standard InChI is InChI=1S/C18H36O7/c1-3-20-7-9-22-11-13-24-17-6-5-16(19)15-18(17)25-14-12-23-10-8-21-4-2/h16-19H,3-15H2,1-2H3. The summed E-state index contributed by atoms with van der Waals surface area (Å²) in [6.07, 6.45) is 1.75. The zero-order valence-electron chi connectivity index (χ0n) is 15.8. The number of rotatable bonds is 16. The molecule has 1 rings (SSSR count). The van der Waals surface area contributed by atoms with E-state index in [-0.39, 0.29) is 18.3 Å². The van der Waals surface area contributed by atoms with Gasteiger partial charge in [0.2, 0.25) is 0 Å². The lowest BCUT2D eigenvalue weighted by Gasteiger charge is -2.34. The van der Waals surface area contributed by atoms with E-state index in [0.29, 0.717) is 72.5 Å². The molecule has 0 aromatic carbocycles. The van der Waals surface area contributed by atoms with Crippen molar-refractivity contribution < 1.29 is 33.5 Å². The molecule has 0 aromatic rings. The van der Waals surface area contributed by atoms with Crippen molar-refractivity contribution >= 4 is 0 Å². The third-order valence-electron chi connectivity index (χ3n) is 3.97. The van der Waals surface area contributed by atoms with Gasteiger partial charge in [0.25, 0.3) is 0 Å². The predicted octanol–water partition coefficient (Wildman–Crippen LogP) is 1.41. The molecular weight excluding hydrogens is 328 g/mol. The third-order valence-corrected chi connectivity index (χ3v) is 3.97. The first-order chi connectivity index (χ1) is 12.3. The molecule has 25 heavy (non-hydrogen) atoms. The first-order valence-corrected chi connectivity index (χ1v) is 9.50. The highest BCUT2D eigenvalue weighted by molar-refractivity contribution is 4.81. The summed E-state index contributed by atoms with van der Waals surface area (Å²) < 4.78 is 33.1. The van der Waals surface area contributed by atoms with Crippen LogP contribution in [0.15, 0.2) is 0 Å². The molecule has 3 atom stereocenters. The Morgan fingerprint density at radius 2 is 1.12 bits per heavy atom. The van der Waals surface area contributed by atoms with Crippen molar-refractivity contribution in [3.05, 3.63) is 0 Å². The Labute approximate surface area is 151 Å². The van der Waals surface area contributed by atoms with Crippen molar-refractivity contribution in [2.45, 2.75) is 51.4 Å². The molecular formula is C18H36O7. The molecule has 0 radical (unpaired) electrons. The molecule has 0 aliphatic heterocycles. The smallest absolute Gasteiger partial charge is 0.0862 e. The first-order valence-electron chi connectivity index (χ1n) is 9.50. The number of aliphatic hydroxyl groups is 1. The van der Waals surface area contributed by atoms with E-state index in [2.05, 4.69) is 0 Å². The van der Waals surface area contributed by atoms with E-state index in [4.69, 9.17) is 28.4 Å². The lowest BCUT2D eigenvalue weighted by molar-refractivity contribution is -0.129. The van der Waals surface area contributed by atoms with Gasteiger partial charge in [0.05, 0.1) is 71.2 Å². The van der Waals surface area contributed by atoms with Crippen LogP contribution < -0.4 is 0 Å². The molecule has 7 heteroatoms. The van der Waals surface area contributed by atoms with Crippen LogP contribution in [0.4, 0.5) is 0 Å². The Balaban J connectivity index is 2.11. The average molecular weight is 364 g/mol. The van der Waals surface area contributed by atoms with Crippen LogP contribution in [0, 0.1) is 0 Å². The fourth-order valence-electron chi connectivity index (χ4n) is 2.69. The molecule has 1 N–H and O–H groups in total. The van der Waals surface area contributed by atoms with E-state index in [9.17, 15) is 5.11 Å². The summed E-state index contributed by atoms with van der Waals surface area (Å²) in [5.41, 5.74) is 0. The summed E-state index contributed by atoms with van der Waals surface area (Å²) in [6, 6.07) is 0. The highest BCUT2D eigenvalue weighted by Gasteiger charge is 2.30. The van der Waals surface area contributed by atoms with Gasteiger partial charge in [0.1, 0.15) is 0 Å². The molecule has 0 amide bonds. The van der Waals surface area contributed by atoms with E-state index in [1.807, 2.05) is 13.8 Å². The molecule has 0 bridgehead atoms. The normalized spacial score (nSPS) is 23.9. The largest absolute Gasteiger partial charge is 0.393 e. The molecule has 7 nitrogen and oxygen atoms in total. The van der Waals surface area contributed by atoms with Crippen molar-refractivity contribution in [3.8, 4) is 0 Å². The molecule has 1 aliphatic carbocycles. The predicted molar refractivity (Wildman–Crippen MR) is 94.0 cm³/mol. The Hall–Kier alpha value is -0.280. The highest BCUT2D eigenvalue weighted by Crippen LogP contribution is 2.24. The average Bonchev–Trinajstić information content (AvgIpc) is 2.61. The molecule has 0 spiro atoms. The Bertz CT molecular complexity index is 291. The van der Waals surface area contributed by atoms with E-state index in [1.165, 1.54) is 0 Å². The lowest BCUT2D eigenvalue weighted by Crippen LogP contribution is -2.41. The minimum Gasteiger partial charge on any atom is -0.393 e. The van der Waals surface area contributed by atoms with Crippen LogP contribution in [0.1, 0.15) is 33.1 Å². The molecule has 3 unspecified atom stereocenters. The summed E-state index contributed by atoms with van der Waals surface area (Å²) in [5, 5.41) is 9.87. The second-order valence-electron chi connectivity index (χ2n) is 5.90. The van der Waals surface area contributed by atoms with Gasteiger partial charge in [-0.2, -0.15) is 0 Å². The zero-order valence-corrected chi connectivity index (χ0v) is 15.8. The van der Waals surface area contributed by atoms with Gasteiger partial charge in [0.15, 0.2) is 0 Å². The summed E-state index contributed by atoms with van der Waals surface area (Å²) in [5.74, 6) is 0. The molecule has 150 valence electrons. The van der Waals surface area contributed by atoms with Crippen LogP contribution in [0.25, 0.3) is 0 Å². The van der Waals surface area contributed by atoms with E-state index in [1.54, 1.807) is 0 Å². The topological polar surface area (TPSA) is 75.6 Å². The summed E-state index contributed by atoms with van der Waals surface area (Å²) in [4.78, 5) is 0. The minimum absolute atomic E-state index is 0.00214. The molecule has 0 aromatic heterocycles. The van der Waals surface area contributed by atoms with Crippen LogP contribution in [0.2, 0.25) is 0 Å². The quantitative estimate of drug-likeness (QED) is 0.415. The number of ether oxygens (including phenoxy) is 6. The van der Waals surface area contributed by atoms with Crippen LogP contribution in [0.3, 0.4) is 0 Å². The summed E-state index contributed by atoms with van der Waals surface area (Å²) in [7, 11) is 0. The second kappa shape index (κ2) is 15.9. The fourth-order valence-corrected chi connectivity index (χ4v) is 2.69. The Morgan fingerprint density at radius 3 is 1.68 bits per heavy atom. The second-order valence-corrected chi connectivity index (χ2v) is 5.90. The minimum atomic E-state index is -0.314. The van der Waals surface area contributed by atoms with Crippen molar-refractivity contribution in [2.75, 3.05) is 66.1 Å². The molecule has 1 fully saturated rings. The van der Waals surface area contributed by atoms with Crippen LogP contribution >= 0.6 is 0 Å². The summed E-state index contributed by atoms with van der Waals surface area (Å²) in [6.45, 7) is 9.79. The fraction of sp³-hybridized carbons (Fsp3) is 1.00. The van der Waals surface area contributed by atoms with Gasteiger partial charge >= 0.3 is 0 Å². The molecule has 1 saturated carbocycles. The first kappa shape index (κ1) is 22.8. The van der Waals surface area contributed by atoms with Crippen molar-refractivity contribution in [3.63, 3.8) is 0 Å². The Kier molecular flexibility index (Phi) is 14.5. The van der Waals surface area contributed by atoms with Gasteiger partial charge in [-0.05, 0) is 26.7 Å². The summed E-state index contributed by atoms with van der Waals surface area (Å²) >= 11 is 0. The molecule has 1 aliphatic rings. The van der Waals surface area contributed by atoms with Gasteiger partial charge in [-0.1, -0.05) is 0 Å². The maximum atomic E-state index is 9.87. The van der Waals surface area contributed by atoms with Gasteiger partial charge < -0.3 is 33.5 Å². The van der Waals surface area contributed by atoms with E-state index < -0.39 is 0 Å². The maximum absolute atomic E-state index is 9.87. The molecule has 0 heterocycles. The van der Waals surface area contributed by atoms with Crippen LogP contribution in [-0.2, 0) is 28.4 Å². The van der Waals surface area contributed by atoms with E-state index >= 15 is 0 Å². The zero-order chi connectivity index (χ0) is 18.2. The number of hydrogen-bond acceptors (Lipinski definition) is 7. The van der Waals surface area contributed by atoms with Crippen LogP contribution in [0.5, 0.6) is 0 Å². The van der Waals surface area contributed by atoms with Gasteiger partial charge in [-0.25, -0.2) is 0 Å². The maximum Gasteiger partial charge on any atom is 0.0862 e. The van der Waals surface area contributed by atoms with Crippen LogP contribution in [-0.4, -0.2) is 89.5 Å². The van der Waals surface area contributed by atoms with E-state index in [0.717, 1.165) is 12.8 Å². The molecule has 0 saturated heterocycles. The monoisotopic (exact) mass is 364 g/mol. The third kappa shape index (κ3) is 11.9. The van der Waals surface area contributed by atoms with Gasteiger partial charge in [-0.15, -0.1) is 0 Å². The van der Waals surface area contributed by atoms with Gasteiger partial charge in [-0.3, -0.25) is 0 Å². The highest BCUT2D eigenvalue weighted by atomic mass is 16.6. The SMILES string of the molecule is CCOCCOCCOC1CCC(O)CC1OCCOCCOCC. The Morgan fingerprint density at radius 1 is 0.640 bits per heavy atom. The van der Waals surface area contributed by atoms with Crippen molar-refractivity contribution in [2.24, 2.45) is 0 Å². The number of hydrogen-bond donors (Lipinski definition) is 1. The number of aliphatic hydroxyl groups excluding tert-OH is 1. The van der Waals surface area contributed by atoms with Crippen molar-refractivity contribution in [1.82, 2.24) is 0 Å². The van der Waals surface area contributed by atoms with Crippen molar-refractivity contribution in [1.29, 1.82) is 0 Å².